The Morgan fingerprint density at radius 2 is 1.92 bits per heavy atom. The number of nitrogens with zero attached hydrogens (tertiary/aromatic N) is 1. The first-order valence-corrected chi connectivity index (χ1v) is 8.56. The number of carbonyl (C=O) groups is 3. The van der Waals surface area contributed by atoms with Crippen molar-refractivity contribution in [3.8, 4) is 0 Å². The van der Waals surface area contributed by atoms with Gasteiger partial charge in [0.15, 0.2) is 0 Å². The quantitative estimate of drug-likeness (QED) is 0.803. The molecule has 1 spiro atoms. The van der Waals surface area contributed by atoms with Crippen LogP contribution >= 0.6 is 23.2 Å². The molecule has 128 valence electrons. The predicted molar refractivity (Wildman–Crippen MR) is 91.2 cm³/mol. The Bertz CT molecular complexity index is 702. The van der Waals surface area contributed by atoms with Gasteiger partial charge in [-0.15, -0.1) is 0 Å². The molecule has 1 aromatic rings. The lowest BCUT2D eigenvalue weighted by Crippen LogP contribution is -2.48. The minimum atomic E-state index is -0.826. The average Bonchev–Trinajstić information content (AvgIpc) is 2.75. The van der Waals surface area contributed by atoms with Gasteiger partial charge in [0, 0.05) is 5.02 Å². The molecule has 1 aromatic carbocycles. The van der Waals surface area contributed by atoms with Crippen molar-refractivity contribution in [2.75, 3.05) is 11.9 Å². The van der Waals surface area contributed by atoms with Gasteiger partial charge in [0.2, 0.25) is 5.91 Å². The molecule has 4 amide bonds. The van der Waals surface area contributed by atoms with Crippen LogP contribution in [0.1, 0.15) is 32.1 Å². The molecule has 0 radical (unpaired) electrons. The Morgan fingerprint density at radius 3 is 2.58 bits per heavy atom. The van der Waals surface area contributed by atoms with E-state index in [0.29, 0.717) is 23.6 Å². The third-order valence-electron chi connectivity index (χ3n) is 4.46. The Labute approximate surface area is 149 Å². The van der Waals surface area contributed by atoms with Crippen LogP contribution in [0.25, 0.3) is 0 Å². The zero-order valence-corrected chi connectivity index (χ0v) is 14.4. The first kappa shape index (κ1) is 17.0. The number of hydrogen-bond donors (Lipinski definition) is 2. The van der Waals surface area contributed by atoms with Gasteiger partial charge in [-0.3, -0.25) is 14.5 Å². The van der Waals surface area contributed by atoms with E-state index in [0.717, 1.165) is 24.2 Å². The second-order valence-corrected chi connectivity index (χ2v) is 6.98. The number of carbonyl (C=O) groups excluding carboxylic acids is 3. The molecule has 0 atom stereocenters. The molecule has 2 fully saturated rings. The topological polar surface area (TPSA) is 78.5 Å². The number of benzene rings is 1. The van der Waals surface area contributed by atoms with Gasteiger partial charge in [-0.1, -0.05) is 42.5 Å². The summed E-state index contributed by atoms with van der Waals surface area (Å²) in [6.07, 6.45) is 4.09. The molecule has 0 aromatic heterocycles. The lowest BCUT2D eigenvalue weighted by molar-refractivity contribution is -0.134. The van der Waals surface area contributed by atoms with Crippen molar-refractivity contribution in [1.29, 1.82) is 0 Å². The van der Waals surface area contributed by atoms with Crippen molar-refractivity contribution in [2.24, 2.45) is 0 Å². The first-order chi connectivity index (χ1) is 11.4. The van der Waals surface area contributed by atoms with E-state index in [9.17, 15) is 14.4 Å². The predicted octanol–water partition coefficient (Wildman–Crippen LogP) is 3.19. The lowest BCUT2D eigenvalue weighted by atomic mass is 9.82. The molecule has 3 rings (SSSR count). The summed E-state index contributed by atoms with van der Waals surface area (Å²) in [6.45, 7) is -0.342. The second kappa shape index (κ2) is 6.61. The van der Waals surface area contributed by atoms with Gasteiger partial charge in [0.05, 0.1) is 10.7 Å². The van der Waals surface area contributed by atoms with Crippen molar-refractivity contribution in [3.05, 3.63) is 28.2 Å². The number of urea groups is 1. The van der Waals surface area contributed by atoms with E-state index in [-0.39, 0.29) is 17.5 Å². The van der Waals surface area contributed by atoms with E-state index in [2.05, 4.69) is 10.6 Å². The average molecular weight is 370 g/mol. The van der Waals surface area contributed by atoms with Gasteiger partial charge >= 0.3 is 6.03 Å². The van der Waals surface area contributed by atoms with E-state index >= 15 is 0 Å². The number of imide groups is 1. The molecular weight excluding hydrogens is 353 g/mol. The van der Waals surface area contributed by atoms with Gasteiger partial charge in [0.25, 0.3) is 5.91 Å². The minimum absolute atomic E-state index is 0.289. The van der Waals surface area contributed by atoms with Crippen LogP contribution < -0.4 is 10.6 Å². The molecule has 2 aliphatic rings. The fourth-order valence-corrected chi connectivity index (χ4v) is 3.69. The molecule has 1 saturated carbocycles. The molecule has 0 bridgehead atoms. The molecule has 6 nitrogen and oxygen atoms in total. The maximum atomic E-state index is 12.6. The zero-order valence-electron chi connectivity index (χ0n) is 12.9. The van der Waals surface area contributed by atoms with Crippen LogP contribution in [0, 0.1) is 0 Å². The molecule has 2 N–H and O–H groups in total. The number of halogens is 2. The van der Waals surface area contributed by atoms with E-state index in [1.165, 1.54) is 6.07 Å². The normalized spacial score (nSPS) is 19.5. The second-order valence-electron chi connectivity index (χ2n) is 6.14. The van der Waals surface area contributed by atoms with Gasteiger partial charge in [-0.05, 0) is 31.0 Å². The van der Waals surface area contributed by atoms with Gasteiger partial charge in [-0.25, -0.2) is 4.79 Å². The van der Waals surface area contributed by atoms with E-state index in [1.807, 2.05) is 0 Å². The van der Waals surface area contributed by atoms with Gasteiger partial charge < -0.3 is 10.6 Å². The summed E-state index contributed by atoms with van der Waals surface area (Å²) in [5.74, 6) is -0.805. The summed E-state index contributed by atoms with van der Waals surface area (Å²) in [7, 11) is 0. The molecule has 1 aliphatic carbocycles. The number of anilines is 1. The highest BCUT2D eigenvalue weighted by Gasteiger charge is 2.51. The Hall–Kier alpha value is -1.79. The van der Waals surface area contributed by atoms with Crippen molar-refractivity contribution >= 4 is 46.7 Å². The summed E-state index contributed by atoms with van der Waals surface area (Å²) < 4.78 is 0. The molecule has 8 heteroatoms. The van der Waals surface area contributed by atoms with Crippen LogP contribution in [0.5, 0.6) is 0 Å². The Morgan fingerprint density at radius 1 is 1.21 bits per heavy atom. The molecule has 1 heterocycles. The molecule has 24 heavy (non-hydrogen) atoms. The number of amides is 4. The van der Waals surface area contributed by atoms with E-state index in [4.69, 9.17) is 23.2 Å². The van der Waals surface area contributed by atoms with Crippen LogP contribution in [0.2, 0.25) is 10.0 Å². The van der Waals surface area contributed by atoms with Crippen LogP contribution in [0.15, 0.2) is 18.2 Å². The highest BCUT2D eigenvalue weighted by Crippen LogP contribution is 2.33. The molecule has 1 aliphatic heterocycles. The monoisotopic (exact) mass is 369 g/mol. The SMILES string of the molecule is O=C(CN1C(=O)NC2(CCCCC2)C1=O)Nc1ccc(Cl)cc1Cl. The Balaban J connectivity index is 1.68. The maximum Gasteiger partial charge on any atom is 0.325 e. The molecule has 0 unspecified atom stereocenters. The summed E-state index contributed by atoms with van der Waals surface area (Å²) >= 11 is 11.8. The van der Waals surface area contributed by atoms with Crippen LogP contribution in [-0.2, 0) is 9.59 Å². The Kier molecular flexibility index (Phi) is 4.69. The standard InChI is InChI=1S/C16H17Cl2N3O3/c17-10-4-5-12(11(18)8-10)19-13(22)9-21-14(23)16(20-15(21)24)6-2-1-3-7-16/h4-5,8H,1-3,6-7,9H2,(H,19,22)(H,20,24). The molecule has 1 saturated heterocycles. The highest BCUT2D eigenvalue weighted by atomic mass is 35.5. The molecular formula is C16H17Cl2N3O3. The zero-order chi connectivity index (χ0) is 17.3. The number of hydrogen-bond acceptors (Lipinski definition) is 3. The lowest BCUT2D eigenvalue weighted by Gasteiger charge is -2.30. The number of rotatable bonds is 3. The highest BCUT2D eigenvalue weighted by molar-refractivity contribution is 6.36. The van der Waals surface area contributed by atoms with Crippen molar-refractivity contribution in [2.45, 2.75) is 37.6 Å². The van der Waals surface area contributed by atoms with Crippen molar-refractivity contribution in [3.63, 3.8) is 0 Å². The summed E-state index contributed by atoms with van der Waals surface area (Å²) in [5, 5.41) is 6.10. The third-order valence-corrected chi connectivity index (χ3v) is 5.01. The van der Waals surface area contributed by atoms with Crippen LogP contribution in [-0.4, -0.2) is 34.8 Å². The fourth-order valence-electron chi connectivity index (χ4n) is 3.24. The van der Waals surface area contributed by atoms with E-state index in [1.54, 1.807) is 12.1 Å². The van der Waals surface area contributed by atoms with Crippen LogP contribution in [0.3, 0.4) is 0 Å². The van der Waals surface area contributed by atoms with Crippen molar-refractivity contribution < 1.29 is 14.4 Å². The van der Waals surface area contributed by atoms with Crippen molar-refractivity contribution in [1.82, 2.24) is 10.2 Å². The van der Waals surface area contributed by atoms with Gasteiger partial charge in [0.1, 0.15) is 12.1 Å². The largest absolute Gasteiger partial charge is 0.325 e. The van der Waals surface area contributed by atoms with Gasteiger partial charge in [-0.2, -0.15) is 0 Å². The third kappa shape index (κ3) is 3.21. The first-order valence-electron chi connectivity index (χ1n) is 7.80. The summed E-state index contributed by atoms with van der Waals surface area (Å²) in [5.41, 5.74) is -0.446. The number of nitrogens with one attached hydrogen (secondary N) is 2. The smallest absolute Gasteiger partial charge is 0.323 e. The minimum Gasteiger partial charge on any atom is -0.323 e. The van der Waals surface area contributed by atoms with Crippen LogP contribution in [0.4, 0.5) is 10.5 Å². The summed E-state index contributed by atoms with van der Waals surface area (Å²) in [4.78, 5) is 37.9. The fraction of sp³-hybridized carbons (Fsp3) is 0.438. The van der Waals surface area contributed by atoms with E-state index < -0.39 is 17.5 Å². The summed E-state index contributed by atoms with van der Waals surface area (Å²) in [6, 6.07) is 4.15. The maximum absolute atomic E-state index is 12.6.